The molecule has 0 aliphatic carbocycles. The van der Waals surface area contributed by atoms with Gasteiger partial charge in [-0.15, -0.1) is 11.3 Å². The number of thiazole rings is 1. The van der Waals surface area contributed by atoms with E-state index < -0.39 is 24.3 Å². The predicted molar refractivity (Wildman–Crippen MR) is 127 cm³/mol. The van der Waals surface area contributed by atoms with Crippen molar-refractivity contribution < 1.29 is 32.5 Å². The molecule has 0 unspecified atom stereocenters. The maximum Gasteiger partial charge on any atom is 0.416 e. The zero-order valence-electron chi connectivity index (χ0n) is 18.5. The van der Waals surface area contributed by atoms with Crippen LogP contribution in [0.5, 0.6) is 11.5 Å². The van der Waals surface area contributed by atoms with Crippen molar-refractivity contribution in [2.45, 2.75) is 19.7 Å². The lowest BCUT2D eigenvalue weighted by molar-refractivity contribution is -0.139. The Hall–Kier alpha value is -3.85. The van der Waals surface area contributed by atoms with Crippen LogP contribution in [0.25, 0.3) is 21.7 Å². The first-order chi connectivity index (χ1) is 16.7. The van der Waals surface area contributed by atoms with Gasteiger partial charge in [0.2, 0.25) is 0 Å². The summed E-state index contributed by atoms with van der Waals surface area (Å²) in [5, 5.41) is 9.42. The number of nitrogens with zero attached hydrogens (tertiary/aromatic N) is 1. The van der Waals surface area contributed by atoms with Crippen molar-refractivity contribution in [1.29, 1.82) is 0 Å². The van der Waals surface area contributed by atoms with E-state index in [0.29, 0.717) is 27.8 Å². The van der Waals surface area contributed by atoms with Gasteiger partial charge in [-0.2, -0.15) is 13.2 Å². The lowest BCUT2D eigenvalue weighted by atomic mass is 10.0. The van der Waals surface area contributed by atoms with Gasteiger partial charge < -0.3 is 14.6 Å². The van der Waals surface area contributed by atoms with Crippen LogP contribution in [-0.2, 0) is 17.6 Å². The number of hydrogen-bond donors (Lipinski definition) is 1. The number of alkyl halides is 3. The number of aryl methyl sites for hydroxylation is 1. The van der Waals surface area contributed by atoms with Gasteiger partial charge >= 0.3 is 12.1 Å². The van der Waals surface area contributed by atoms with E-state index in [9.17, 15) is 18.0 Å². The van der Waals surface area contributed by atoms with Crippen molar-refractivity contribution in [2.24, 2.45) is 0 Å². The highest BCUT2D eigenvalue weighted by molar-refractivity contribution is 7.15. The molecule has 0 spiro atoms. The summed E-state index contributed by atoms with van der Waals surface area (Å²) in [4.78, 5) is 16.2. The summed E-state index contributed by atoms with van der Waals surface area (Å²) < 4.78 is 50.1. The smallest absolute Gasteiger partial charge is 0.416 e. The minimum Gasteiger partial charge on any atom is -0.486 e. The first-order valence-corrected chi connectivity index (χ1v) is 11.3. The monoisotopic (exact) mass is 499 g/mol. The van der Waals surface area contributed by atoms with E-state index in [1.165, 1.54) is 23.5 Å². The van der Waals surface area contributed by atoms with Crippen molar-refractivity contribution >= 4 is 17.3 Å². The van der Waals surface area contributed by atoms with Gasteiger partial charge in [-0.25, -0.2) is 9.78 Å². The molecule has 1 N–H and O–H groups in total. The van der Waals surface area contributed by atoms with Crippen LogP contribution in [0, 0.1) is 6.92 Å². The SMILES string of the molecule is Cc1cc(OCc2nc(-c3ccc(C(F)(F)F)cc3)c(-c3ccccc3)s2)ccc1OCC(=O)O. The van der Waals surface area contributed by atoms with Crippen LogP contribution >= 0.6 is 11.3 Å². The molecule has 9 heteroatoms. The minimum absolute atomic E-state index is 0.153. The lowest BCUT2D eigenvalue weighted by Crippen LogP contribution is -2.10. The van der Waals surface area contributed by atoms with Crippen LogP contribution in [0.4, 0.5) is 13.2 Å². The molecule has 0 radical (unpaired) electrons. The molecule has 0 atom stereocenters. The third-order valence-corrected chi connectivity index (χ3v) is 6.13. The molecule has 0 aliphatic heterocycles. The lowest BCUT2D eigenvalue weighted by Gasteiger charge is -2.09. The number of benzene rings is 3. The molecule has 0 amide bonds. The molecule has 35 heavy (non-hydrogen) atoms. The van der Waals surface area contributed by atoms with Gasteiger partial charge in [0, 0.05) is 5.56 Å². The molecule has 1 heterocycles. The number of ether oxygens (including phenoxy) is 2. The van der Waals surface area contributed by atoms with Gasteiger partial charge in [-0.05, 0) is 48.4 Å². The van der Waals surface area contributed by atoms with Crippen molar-refractivity contribution in [3.05, 3.63) is 88.9 Å². The van der Waals surface area contributed by atoms with E-state index in [0.717, 1.165) is 28.1 Å². The zero-order chi connectivity index (χ0) is 25.0. The summed E-state index contributed by atoms with van der Waals surface area (Å²) in [5.74, 6) is -0.0609. The Morgan fingerprint density at radius 2 is 1.69 bits per heavy atom. The average molecular weight is 500 g/mol. The first-order valence-electron chi connectivity index (χ1n) is 10.5. The number of carboxylic acid groups (broad SMARTS) is 1. The topological polar surface area (TPSA) is 68.7 Å². The molecule has 3 aromatic carbocycles. The Morgan fingerprint density at radius 3 is 2.31 bits per heavy atom. The Balaban J connectivity index is 1.58. The summed E-state index contributed by atoms with van der Waals surface area (Å²) in [7, 11) is 0. The number of rotatable bonds is 8. The van der Waals surface area contributed by atoms with Crippen molar-refractivity contribution in [2.75, 3.05) is 6.61 Å². The number of aliphatic carboxylic acids is 1. The van der Waals surface area contributed by atoms with Crippen molar-refractivity contribution in [1.82, 2.24) is 4.98 Å². The van der Waals surface area contributed by atoms with E-state index in [1.54, 1.807) is 25.1 Å². The maximum atomic E-state index is 13.0. The highest BCUT2D eigenvalue weighted by atomic mass is 32.1. The average Bonchev–Trinajstić information content (AvgIpc) is 3.26. The van der Waals surface area contributed by atoms with E-state index >= 15 is 0 Å². The van der Waals surface area contributed by atoms with Gasteiger partial charge in [-0.3, -0.25) is 0 Å². The summed E-state index contributed by atoms with van der Waals surface area (Å²) in [5.41, 5.74) is 2.07. The van der Waals surface area contributed by atoms with Gasteiger partial charge in [0.05, 0.1) is 16.1 Å². The molecule has 4 rings (SSSR count). The number of carbonyl (C=O) groups is 1. The zero-order valence-corrected chi connectivity index (χ0v) is 19.3. The first kappa shape index (κ1) is 24.3. The van der Waals surface area contributed by atoms with Crippen LogP contribution < -0.4 is 9.47 Å². The molecule has 180 valence electrons. The number of aromatic nitrogens is 1. The van der Waals surface area contributed by atoms with Gasteiger partial charge in [0.1, 0.15) is 23.1 Å². The molecule has 0 saturated heterocycles. The van der Waals surface area contributed by atoms with Crippen LogP contribution in [0.3, 0.4) is 0 Å². The van der Waals surface area contributed by atoms with Crippen LogP contribution in [0.1, 0.15) is 16.1 Å². The fourth-order valence-corrected chi connectivity index (χ4v) is 4.39. The van der Waals surface area contributed by atoms with Crippen molar-refractivity contribution in [3.63, 3.8) is 0 Å². The van der Waals surface area contributed by atoms with Gasteiger partial charge in [0.15, 0.2) is 6.61 Å². The second-order valence-corrected chi connectivity index (χ2v) is 8.71. The highest BCUT2D eigenvalue weighted by Crippen LogP contribution is 2.38. The third kappa shape index (κ3) is 5.99. The van der Waals surface area contributed by atoms with Crippen LogP contribution in [-0.4, -0.2) is 22.7 Å². The van der Waals surface area contributed by atoms with Crippen LogP contribution in [0.2, 0.25) is 0 Å². The Bertz CT molecular complexity index is 1320. The fourth-order valence-electron chi connectivity index (χ4n) is 3.38. The molecular weight excluding hydrogens is 479 g/mol. The Labute approximate surface area is 203 Å². The number of halogens is 3. The molecule has 5 nitrogen and oxygen atoms in total. The number of hydrogen-bond acceptors (Lipinski definition) is 5. The molecule has 0 aliphatic rings. The largest absolute Gasteiger partial charge is 0.486 e. The Morgan fingerprint density at radius 1 is 0.971 bits per heavy atom. The summed E-state index contributed by atoms with van der Waals surface area (Å²) >= 11 is 1.41. The minimum atomic E-state index is -4.41. The molecule has 1 aromatic heterocycles. The molecule has 4 aromatic rings. The second kappa shape index (κ2) is 10.2. The maximum absolute atomic E-state index is 13.0. The van der Waals surface area contributed by atoms with Gasteiger partial charge in [0.25, 0.3) is 0 Å². The molecule has 0 saturated carbocycles. The fraction of sp³-hybridized carbons (Fsp3) is 0.154. The van der Waals surface area contributed by atoms with Crippen molar-refractivity contribution in [3.8, 4) is 33.2 Å². The molecular formula is C26H20F3NO4S. The van der Waals surface area contributed by atoms with E-state index in [-0.39, 0.29) is 6.61 Å². The second-order valence-electron chi connectivity index (χ2n) is 7.62. The number of carboxylic acids is 1. The summed E-state index contributed by atoms with van der Waals surface area (Å²) in [6.07, 6.45) is -4.41. The van der Waals surface area contributed by atoms with E-state index in [1.807, 2.05) is 30.3 Å². The normalized spacial score (nSPS) is 11.3. The Kier molecular flexibility index (Phi) is 7.07. The van der Waals surface area contributed by atoms with Gasteiger partial charge in [-0.1, -0.05) is 42.5 Å². The standard InChI is InChI=1S/C26H20F3NO4S/c1-16-13-20(11-12-21(16)34-15-23(31)32)33-14-22-30-24(25(35-22)18-5-3-2-4-6-18)17-7-9-19(10-8-17)26(27,28)29/h2-13H,14-15H2,1H3,(H,31,32). The predicted octanol–water partition coefficient (Wildman–Crippen LogP) is 6.85. The molecule has 0 bridgehead atoms. The van der Waals surface area contributed by atoms with E-state index in [2.05, 4.69) is 4.98 Å². The quantitative estimate of drug-likeness (QED) is 0.287. The summed E-state index contributed by atoms with van der Waals surface area (Å²) in [6.45, 7) is 1.50. The van der Waals surface area contributed by atoms with Crippen LogP contribution in [0.15, 0.2) is 72.8 Å². The summed E-state index contributed by atoms with van der Waals surface area (Å²) in [6, 6.07) is 19.5. The third-order valence-electron chi connectivity index (χ3n) is 5.05. The van der Waals surface area contributed by atoms with E-state index in [4.69, 9.17) is 14.6 Å². The highest BCUT2D eigenvalue weighted by Gasteiger charge is 2.30. The molecule has 0 fully saturated rings.